The normalized spacial score (nSPS) is 10.3. The van der Waals surface area contributed by atoms with E-state index in [1.807, 2.05) is 30.3 Å². The van der Waals surface area contributed by atoms with Crippen molar-refractivity contribution in [1.29, 1.82) is 5.26 Å². The molecule has 0 atom stereocenters. The number of nitriles is 1. The third-order valence-corrected chi connectivity index (χ3v) is 3.88. The van der Waals surface area contributed by atoms with E-state index in [9.17, 15) is 0 Å². The second kappa shape index (κ2) is 6.01. The molecule has 0 saturated carbocycles. The lowest BCUT2D eigenvalue weighted by molar-refractivity contribution is 0.728. The molecule has 0 unspecified atom stereocenters. The third kappa shape index (κ3) is 2.91. The predicted octanol–water partition coefficient (Wildman–Crippen LogP) is 4.05. The lowest BCUT2D eigenvalue weighted by Crippen LogP contribution is -2.12. The second-order valence-electron chi connectivity index (χ2n) is 3.86. The SMILES string of the molecule is CCNCc1ccc(Cl)cc1-c1ccc(C#N)s1. The molecule has 0 bridgehead atoms. The molecule has 1 aromatic carbocycles. The molecule has 2 nitrogen and oxygen atoms in total. The maximum atomic E-state index is 8.89. The minimum absolute atomic E-state index is 0.720. The summed E-state index contributed by atoms with van der Waals surface area (Å²) in [5.41, 5.74) is 2.31. The summed E-state index contributed by atoms with van der Waals surface area (Å²) >= 11 is 7.56. The molecular weight excluding hydrogens is 264 g/mol. The lowest BCUT2D eigenvalue weighted by Gasteiger charge is -2.09. The van der Waals surface area contributed by atoms with Gasteiger partial charge in [-0.1, -0.05) is 24.6 Å². The van der Waals surface area contributed by atoms with E-state index in [0.29, 0.717) is 0 Å². The zero-order valence-electron chi connectivity index (χ0n) is 10.0. The summed E-state index contributed by atoms with van der Waals surface area (Å²) in [5.74, 6) is 0. The lowest BCUT2D eigenvalue weighted by atomic mass is 10.1. The number of hydrogen-bond donors (Lipinski definition) is 1. The quantitative estimate of drug-likeness (QED) is 0.914. The molecule has 2 aromatic rings. The summed E-state index contributed by atoms with van der Waals surface area (Å²) in [5, 5.41) is 12.9. The Kier molecular flexibility index (Phi) is 4.38. The Balaban J connectivity index is 2.41. The molecule has 1 N–H and O–H groups in total. The Morgan fingerprint density at radius 1 is 1.33 bits per heavy atom. The van der Waals surface area contributed by atoms with Crippen LogP contribution in [0.25, 0.3) is 10.4 Å². The van der Waals surface area contributed by atoms with Gasteiger partial charge in [-0.3, -0.25) is 0 Å². The zero-order chi connectivity index (χ0) is 13.0. The minimum atomic E-state index is 0.720. The first kappa shape index (κ1) is 13.1. The van der Waals surface area contributed by atoms with E-state index in [-0.39, 0.29) is 0 Å². The van der Waals surface area contributed by atoms with Crippen LogP contribution in [0.1, 0.15) is 17.4 Å². The monoisotopic (exact) mass is 276 g/mol. The molecule has 0 amide bonds. The summed E-state index contributed by atoms with van der Waals surface area (Å²) in [6, 6.07) is 11.9. The van der Waals surface area contributed by atoms with Crippen LogP contribution in [0.3, 0.4) is 0 Å². The molecule has 0 saturated heterocycles. The van der Waals surface area contributed by atoms with E-state index in [1.54, 1.807) is 0 Å². The van der Waals surface area contributed by atoms with Crippen LogP contribution in [0.2, 0.25) is 5.02 Å². The van der Waals surface area contributed by atoms with Gasteiger partial charge in [-0.2, -0.15) is 5.26 Å². The summed E-state index contributed by atoms with van der Waals surface area (Å²) in [4.78, 5) is 1.81. The molecule has 0 radical (unpaired) electrons. The first-order valence-corrected chi connectivity index (χ1v) is 6.93. The van der Waals surface area contributed by atoms with Crippen molar-refractivity contribution < 1.29 is 0 Å². The van der Waals surface area contributed by atoms with Crippen LogP contribution in [-0.2, 0) is 6.54 Å². The summed E-state index contributed by atoms with van der Waals surface area (Å²) in [6.45, 7) is 3.81. The largest absolute Gasteiger partial charge is 0.313 e. The van der Waals surface area contributed by atoms with E-state index in [0.717, 1.165) is 33.4 Å². The van der Waals surface area contributed by atoms with Gasteiger partial charge >= 0.3 is 0 Å². The fourth-order valence-corrected chi connectivity index (χ4v) is 2.76. The van der Waals surface area contributed by atoms with Gasteiger partial charge in [-0.25, -0.2) is 0 Å². The van der Waals surface area contributed by atoms with Gasteiger partial charge in [0.25, 0.3) is 0 Å². The van der Waals surface area contributed by atoms with Crippen molar-refractivity contribution in [2.24, 2.45) is 0 Å². The van der Waals surface area contributed by atoms with Crippen LogP contribution in [0.5, 0.6) is 0 Å². The third-order valence-electron chi connectivity index (χ3n) is 2.62. The molecule has 0 aliphatic heterocycles. The van der Waals surface area contributed by atoms with Gasteiger partial charge in [0.15, 0.2) is 0 Å². The van der Waals surface area contributed by atoms with E-state index in [2.05, 4.69) is 18.3 Å². The van der Waals surface area contributed by atoms with E-state index in [1.165, 1.54) is 16.9 Å². The Bertz CT molecular complexity index is 584. The van der Waals surface area contributed by atoms with Gasteiger partial charge in [0.05, 0.1) is 0 Å². The van der Waals surface area contributed by atoms with Crippen molar-refractivity contribution >= 4 is 22.9 Å². The molecule has 1 aromatic heterocycles. The molecule has 2 rings (SSSR count). The Hall–Kier alpha value is -1.34. The first-order chi connectivity index (χ1) is 8.74. The Morgan fingerprint density at radius 3 is 2.83 bits per heavy atom. The summed E-state index contributed by atoms with van der Waals surface area (Å²) in [7, 11) is 0. The standard InChI is InChI=1S/C14H13ClN2S/c1-2-17-9-10-3-4-11(15)7-13(10)14-6-5-12(8-16)18-14/h3-7,17H,2,9H2,1H3. The average Bonchev–Trinajstić information content (AvgIpc) is 2.86. The van der Waals surface area contributed by atoms with Crippen LogP contribution in [0.15, 0.2) is 30.3 Å². The summed E-state index contributed by atoms with van der Waals surface area (Å²) in [6.07, 6.45) is 0. The smallest absolute Gasteiger partial charge is 0.110 e. The second-order valence-corrected chi connectivity index (χ2v) is 5.38. The highest BCUT2D eigenvalue weighted by molar-refractivity contribution is 7.16. The molecule has 0 fully saturated rings. The van der Waals surface area contributed by atoms with Crippen LogP contribution in [0, 0.1) is 11.3 Å². The van der Waals surface area contributed by atoms with Crippen LogP contribution in [0.4, 0.5) is 0 Å². The van der Waals surface area contributed by atoms with Crippen LogP contribution in [-0.4, -0.2) is 6.54 Å². The van der Waals surface area contributed by atoms with Gasteiger partial charge in [-0.05, 0) is 41.9 Å². The van der Waals surface area contributed by atoms with Gasteiger partial charge in [0, 0.05) is 16.4 Å². The van der Waals surface area contributed by atoms with Crippen LogP contribution < -0.4 is 5.32 Å². The van der Waals surface area contributed by atoms with E-state index >= 15 is 0 Å². The predicted molar refractivity (Wildman–Crippen MR) is 76.9 cm³/mol. The van der Waals surface area contributed by atoms with Gasteiger partial charge < -0.3 is 5.32 Å². The zero-order valence-corrected chi connectivity index (χ0v) is 11.6. The number of rotatable bonds is 4. The number of hydrogen-bond acceptors (Lipinski definition) is 3. The Labute approximate surface area is 116 Å². The number of thiophene rings is 1. The van der Waals surface area contributed by atoms with Crippen molar-refractivity contribution in [3.05, 3.63) is 45.8 Å². The van der Waals surface area contributed by atoms with Crippen LogP contribution >= 0.6 is 22.9 Å². The van der Waals surface area contributed by atoms with Crippen molar-refractivity contribution in [2.75, 3.05) is 6.54 Å². The molecule has 0 spiro atoms. The minimum Gasteiger partial charge on any atom is -0.313 e. The fourth-order valence-electron chi connectivity index (χ4n) is 1.73. The maximum Gasteiger partial charge on any atom is 0.110 e. The van der Waals surface area contributed by atoms with Crippen molar-refractivity contribution in [3.8, 4) is 16.5 Å². The average molecular weight is 277 g/mol. The van der Waals surface area contributed by atoms with Crippen molar-refractivity contribution in [2.45, 2.75) is 13.5 Å². The first-order valence-electron chi connectivity index (χ1n) is 5.74. The fraction of sp³-hybridized carbons (Fsp3) is 0.214. The molecule has 92 valence electrons. The maximum absolute atomic E-state index is 8.89. The van der Waals surface area contributed by atoms with Crippen molar-refractivity contribution in [1.82, 2.24) is 5.32 Å². The number of nitrogens with zero attached hydrogens (tertiary/aromatic N) is 1. The highest BCUT2D eigenvalue weighted by atomic mass is 35.5. The molecular formula is C14H13ClN2S. The van der Waals surface area contributed by atoms with Gasteiger partial charge in [-0.15, -0.1) is 11.3 Å². The molecule has 18 heavy (non-hydrogen) atoms. The highest BCUT2D eigenvalue weighted by Crippen LogP contribution is 2.32. The molecule has 0 aliphatic rings. The number of benzene rings is 1. The summed E-state index contributed by atoms with van der Waals surface area (Å²) < 4.78 is 0. The topological polar surface area (TPSA) is 35.8 Å². The molecule has 0 aliphatic carbocycles. The van der Waals surface area contributed by atoms with Gasteiger partial charge in [0.1, 0.15) is 10.9 Å². The molecule has 1 heterocycles. The number of nitrogens with one attached hydrogen (secondary N) is 1. The van der Waals surface area contributed by atoms with E-state index < -0.39 is 0 Å². The molecule has 4 heteroatoms. The highest BCUT2D eigenvalue weighted by Gasteiger charge is 2.08. The van der Waals surface area contributed by atoms with Crippen molar-refractivity contribution in [3.63, 3.8) is 0 Å². The van der Waals surface area contributed by atoms with E-state index in [4.69, 9.17) is 16.9 Å². The van der Waals surface area contributed by atoms with Gasteiger partial charge in [0.2, 0.25) is 0 Å². The Morgan fingerprint density at radius 2 is 2.17 bits per heavy atom. The number of halogens is 1.